The van der Waals surface area contributed by atoms with Gasteiger partial charge in [0.05, 0.1) is 18.7 Å². The predicted molar refractivity (Wildman–Crippen MR) is 93.8 cm³/mol. The number of pyridine rings is 1. The Kier molecular flexibility index (Phi) is 3.99. The zero-order valence-corrected chi connectivity index (χ0v) is 13.6. The summed E-state index contributed by atoms with van der Waals surface area (Å²) in [6.45, 7) is 2.39. The second-order valence-electron chi connectivity index (χ2n) is 5.81. The van der Waals surface area contributed by atoms with Crippen LogP contribution >= 0.6 is 0 Å². The van der Waals surface area contributed by atoms with Crippen molar-refractivity contribution in [2.75, 3.05) is 32.0 Å². The first-order valence-corrected chi connectivity index (χ1v) is 8.08. The third kappa shape index (κ3) is 3.14. The molecular weight excluding hydrogens is 320 g/mol. The Morgan fingerprint density at radius 3 is 2.72 bits per heavy atom. The summed E-state index contributed by atoms with van der Waals surface area (Å²) in [7, 11) is 0. The molecule has 0 radical (unpaired) electrons. The minimum absolute atomic E-state index is 0.0334. The lowest BCUT2D eigenvalue weighted by atomic mass is 10.2. The van der Waals surface area contributed by atoms with Crippen LogP contribution in [-0.4, -0.2) is 46.8 Å². The molecule has 1 fully saturated rings. The van der Waals surface area contributed by atoms with Gasteiger partial charge >= 0.3 is 6.03 Å². The van der Waals surface area contributed by atoms with Gasteiger partial charge in [-0.3, -0.25) is 4.57 Å². The van der Waals surface area contributed by atoms with Gasteiger partial charge in [0.2, 0.25) is 0 Å². The summed E-state index contributed by atoms with van der Waals surface area (Å²) < 4.78 is 12.8. The van der Waals surface area contributed by atoms with Crippen molar-refractivity contribution >= 4 is 22.8 Å². The highest BCUT2D eigenvalue weighted by Crippen LogP contribution is 2.27. The van der Waals surface area contributed by atoms with Crippen LogP contribution in [0.25, 0.3) is 10.9 Å². The zero-order valence-electron chi connectivity index (χ0n) is 13.6. The number of nitrogens with two attached hydrogens (primary N) is 1. The van der Waals surface area contributed by atoms with Gasteiger partial charge in [-0.1, -0.05) is 0 Å². The second kappa shape index (κ2) is 6.45. The van der Waals surface area contributed by atoms with E-state index in [0.29, 0.717) is 43.6 Å². The average molecular weight is 338 g/mol. The Hall–Kier alpha value is -3.06. The fourth-order valence-corrected chi connectivity index (χ4v) is 2.89. The molecule has 1 aliphatic rings. The standard InChI is InChI=1S/C18H18N4O3/c19-17-12-15(3-5-20-17)25-14-1-2-16-13(11-14)4-6-22(16)18(23)21-7-9-24-10-8-21/h1-6,11-12H,7-10H2,(H2,19,20). The molecule has 0 saturated carbocycles. The normalized spacial score (nSPS) is 14.6. The molecule has 3 aromatic rings. The summed E-state index contributed by atoms with van der Waals surface area (Å²) in [6, 6.07) is 10.9. The SMILES string of the molecule is Nc1cc(Oc2ccc3c(ccn3C(=O)N3CCOCC3)c2)ccn1. The van der Waals surface area contributed by atoms with Crippen LogP contribution in [0.1, 0.15) is 0 Å². The molecule has 128 valence electrons. The number of nitrogen functional groups attached to an aromatic ring is 1. The Morgan fingerprint density at radius 2 is 1.92 bits per heavy atom. The van der Waals surface area contributed by atoms with Crippen molar-refractivity contribution in [2.45, 2.75) is 0 Å². The molecular formula is C18H18N4O3. The molecule has 3 heterocycles. The number of benzene rings is 1. The Balaban J connectivity index is 1.59. The molecule has 0 bridgehead atoms. The Bertz CT molecular complexity index is 916. The topological polar surface area (TPSA) is 82.6 Å². The van der Waals surface area contributed by atoms with E-state index in [1.54, 1.807) is 34.0 Å². The van der Waals surface area contributed by atoms with Gasteiger partial charge in [0.15, 0.2) is 0 Å². The van der Waals surface area contributed by atoms with Gasteiger partial charge in [-0.05, 0) is 30.3 Å². The number of morpholine rings is 1. The molecule has 1 aromatic carbocycles. The number of ether oxygens (including phenoxy) is 2. The second-order valence-corrected chi connectivity index (χ2v) is 5.81. The maximum atomic E-state index is 12.7. The number of rotatable bonds is 2. The van der Waals surface area contributed by atoms with Crippen molar-refractivity contribution in [3.05, 3.63) is 48.8 Å². The molecule has 0 spiro atoms. The molecule has 1 aliphatic heterocycles. The van der Waals surface area contributed by atoms with E-state index in [-0.39, 0.29) is 6.03 Å². The van der Waals surface area contributed by atoms with Gasteiger partial charge in [0, 0.05) is 36.9 Å². The number of nitrogens with zero attached hydrogens (tertiary/aromatic N) is 3. The van der Waals surface area contributed by atoms with Gasteiger partial charge in [-0.25, -0.2) is 9.78 Å². The number of hydrogen-bond donors (Lipinski definition) is 1. The Labute approximate surface area is 144 Å². The van der Waals surface area contributed by atoms with Crippen molar-refractivity contribution in [2.24, 2.45) is 0 Å². The fraction of sp³-hybridized carbons (Fsp3) is 0.222. The quantitative estimate of drug-likeness (QED) is 0.777. The van der Waals surface area contributed by atoms with E-state index < -0.39 is 0 Å². The molecule has 2 aromatic heterocycles. The summed E-state index contributed by atoms with van der Waals surface area (Å²) in [4.78, 5) is 18.4. The van der Waals surface area contributed by atoms with Crippen LogP contribution in [0.5, 0.6) is 11.5 Å². The zero-order chi connectivity index (χ0) is 17.2. The predicted octanol–water partition coefficient (Wildman–Crippen LogP) is 2.71. The third-order valence-electron chi connectivity index (χ3n) is 4.14. The van der Waals surface area contributed by atoms with Gasteiger partial charge in [0.25, 0.3) is 0 Å². The molecule has 4 rings (SSSR count). The van der Waals surface area contributed by atoms with Crippen molar-refractivity contribution < 1.29 is 14.3 Å². The van der Waals surface area contributed by atoms with Crippen LogP contribution in [-0.2, 0) is 4.74 Å². The summed E-state index contributed by atoms with van der Waals surface area (Å²) in [5, 5.41) is 0.932. The van der Waals surface area contributed by atoms with E-state index in [2.05, 4.69) is 4.98 Å². The minimum Gasteiger partial charge on any atom is -0.457 e. The van der Waals surface area contributed by atoms with Gasteiger partial charge < -0.3 is 20.1 Å². The number of carbonyl (C=O) groups is 1. The van der Waals surface area contributed by atoms with Gasteiger partial charge in [0.1, 0.15) is 17.3 Å². The molecule has 1 amide bonds. The highest BCUT2D eigenvalue weighted by molar-refractivity contribution is 5.92. The van der Waals surface area contributed by atoms with Crippen LogP contribution < -0.4 is 10.5 Å². The number of amides is 1. The average Bonchev–Trinajstić information content (AvgIpc) is 3.05. The summed E-state index contributed by atoms with van der Waals surface area (Å²) in [5.41, 5.74) is 6.51. The number of hydrogen-bond acceptors (Lipinski definition) is 5. The van der Waals surface area contributed by atoms with Crippen molar-refractivity contribution in [1.82, 2.24) is 14.5 Å². The highest BCUT2D eigenvalue weighted by Gasteiger charge is 2.19. The lowest BCUT2D eigenvalue weighted by Gasteiger charge is -2.27. The van der Waals surface area contributed by atoms with Gasteiger partial charge in [-0.15, -0.1) is 0 Å². The maximum Gasteiger partial charge on any atom is 0.328 e. The van der Waals surface area contributed by atoms with Crippen LogP contribution in [0.15, 0.2) is 48.8 Å². The van der Waals surface area contributed by atoms with Crippen LogP contribution in [0.4, 0.5) is 10.6 Å². The van der Waals surface area contributed by atoms with Gasteiger partial charge in [-0.2, -0.15) is 0 Å². The molecule has 25 heavy (non-hydrogen) atoms. The molecule has 0 atom stereocenters. The molecule has 7 heteroatoms. The number of anilines is 1. The van der Waals surface area contributed by atoms with E-state index in [9.17, 15) is 4.79 Å². The van der Waals surface area contributed by atoms with E-state index >= 15 is 0 Å². The minimum atomic E-state index is -0.0334. The number of aromatic nitrogens is 2. The van der Waals surface area contributed by atoms with E-state index in [4.69, 9.17) is 15.2 Å². The molecule has 7 nitrogen and oxygen atoms in total. The first-order valence-electron chi connectivity index (χ1n) is 8.08. The monoisotopic (exact) mass is 338 g/mol. The third-order valence-corrected chi connectivity index (χ3v) is 4.14. The first kappa shape index (κ1) is 15.5. The van der Waals surface area contributed by atoms with E-state index in [0.717, 1.165) is 10.9 Å². The molecule has 0 aliphatic carbocycles. The highest BCUT2D eigenvalue weighted by atomic mass is 16.5. The van der Waals surface area contributed by atoms with E-state index in [1.807, 2.05) is 24.3 Å². The summed E-state index contributed by atoms with van der Waals surface area (Å²) in [5.74, 6) is 1.70. The number of fused-ring (bicyclic) bond motifs is 1. The molecule has 1 saturated heterocycles. The summed E-state index contributed by atoms with van der Waals surface area (Å²) in [6.07, 6.45) is 3.39. The van der Waals surface area contributed by atoms with Crippen LogP contribution in [0.3, 0.4) is 0 Å². The van der Waals surface area contributed by atoms with Crippen molar-refractivity contribution in [3.8, 4) is 11.5 Å². The number of carbonyl (C=O) groups excluding carboxylic acids is 1. The fourth-order valence-electron chi connectivity index (χ4n) is 2.89. The van der Waals surface area contributed by atoms with Crippen molar-refractivity contribution in [1.29, 1.82) is 0 Å². The summed E-state index contributed by atoms with van der Waals surface area (Å²) >= 11 is 0. The lowest BCUT2D eigenvalue weighted by Crippen LogP contribution is -2.42. The molecule has 0 unspecified atom stereocenters. The lowest BCUT2D eigenvalue weighted by molar-refractivity contribution is 0.0538. The first-order chi connectivity index (χ1) is 12.2. The van der Waals surface area contributed by atoms with Crippen LogP contribution in [0.2, 0.25) is 0 Å². The van der Waals surface area contributed by atoms with Crippen molar-refractivity contribution in [3.63, 3.8) is 0 Å². The Morgan fingerprint density at radius 1 is 1.12 bits per heavy atom. The van der Waals surface area contributed by atoms with Crippen LogP contribution in [0, 0.1) is 0 Å². The maximum absolute atomic E-state index is 12.7. The molecule has 2 N–H and O–H groups in total. The smallest absolute Gasteiger partial charge is 0.328 e. The van der Waals surface area contributed by atoms with E-state index in [1.165, 1.54) is 0 Å². The largest absolute Gasteiger partial charge is 0.457 e.